The lowest BCUT2D eigenvalue weighted by Crippen LogP contribution is -2.41. The molecule has 0 aliphatic carbocycles. The van der Waals surface area contributed by atoms with Crippen molar-refractivity contribution in [2.45, 2.75) is 38.8 Å². The number of benzene rings is 1. The van der Waals surface area contributed by atoms with Gasteiger partial charge in [-0.3, -0.25) is 14.9 Å². The molecule has 1 aromatic carbocycles. The van der Waals surface area contributed by atoms with Crippen LogP contribution in [0.2, 0.25) is 0 Å². The summed E-state index contributed by atoms with van der Waals surface area (Å²) < 4.78 is 0. The lowest BCUT2D eigenvalue weighted by molar-refractivity contribution is -0.123. The first kappa shape index (κ1) is 20.9. The van der Waals surface area contributed by atoms with Gasteiger partial charge in [0.1, 0.15) is 5.54 Å². The van der Waals surface area contributed by atoms with Crippen LogP contribution in [0.3, 0.4) is 0 Å². The highest BCUT2D eigenvalue weighted by Crippen LogP contribution is 2.24. The molecule has 0 spiro atoms. The van der Waals surface area contributed by atoms with Crippen molar-refractivity contribution in [3.05, 3.63) is 35.4 Å². The Morgan fingerprint density at radius 1 is 1.24 bits per heavy atom. The van der Waals surface area contributed by atoms with E-state index in [-0.39, 0.29) is 24.4 Å². The first-order valence-electron chi connectivity index (χ1n) is 8.01. The third-order valence-electron chi connectivity index (χ3n) is 4.14. The first-order valence-corrected chi connectivity index (χ1v) is 8.01. The molecule has 2 rings (SSSR count). The summed E-state index contributed by atoms with van der Waals surface area (Å²) in [4.78, 5) is 35.6. The van der Waals surface area contributed by atoms with Crippen molar-refractivity contribution >= 4 is 30.3 Å². The minimum atomic E-state index is -1.12. The second-order valence-corrected chi connectivity index (χ2v) is 6.65. The maximum atomic E-state index is 12.3. The molecule has 4 amide bonds. The Balaban J connectivity index is 0.00000312. The molecule has 25 heavy (non-hydrogen) atoms. The number of hydrogen-bond donors (Lipinski definition) is 4. The van der Waals surface area contributed by atoms with E-state index in [1.165, 1.54) is 0 Å². The molecule has 0 radical (unpaired) electrons. The number of urea groups is 1. The predicted molar refractivity (Wildman–Crippen MR) is 97.5 cm³/mol. The van der Waals surface area contributed by atoms with E-state index >= 15 is 0 Å². The summed E-state index contributed by atoms with van der Waals surface area (Å²) in [5.41, 5.74) is 5.67. The van der Waals surface area contributed by atoms with E-state index < -0.39 is 17.5 Å². The van der Waals surface area contributed by atoms with E-state index in [9.17, 15) is 14.4 Å². The van der Waals surface area contributed by atoms with E-state index in [4.69, 9.17) is 5.73 Å². The molecule has 0 aromatic heterocycles. The molecule has 1 aliphatic heterocycles. The quantitative estimate of drug-likeness (QED) is 0.566. The van der Waals surface area contributed by atoms with Crippen molar-refractivity contribution in [2.75, 3.05) is 6.54 Å². The number of halogens is 1. The monoisotopic (exact) mass is 368 g/mol. The van der Waals surface area contributed by atoms with E-state index in [0.29, 0.717) is 23.6 Å². The van der Waals surface area contributed by atoms with Gasteiger partial charge in [-0.15, -0.1) is 12.4 Å². The molecule has 0 bridgehead atoms. The van der Waals surface area contributed by atoms with Crippen molar-refractivity contribution in [1.29, 1.82) is 0 Å². The van der Waals surface area contributed by atoms with Crippen LogP contribution < -0.4 is 21.7 Å². The Kier molecular flexibility index (Phi) is 6.96. The molecule has 1 heterocycles. The predicted octanol–water partition coefficient (Wildman–Crippen LogP) is 1.27. The van der Waals surface area contributed by atoms with E-state index in [1.807, 2.05) is 0 Å². The maximum absolute atomic E-state index is 12.3. The minimum absolute atomic E-state index is 0. The molecule has 8 heteroatoms. The average Bonchev–Trinajstić information content (AvgIpc) is 2.79. The smallest absolute Gasteiger partial charge is 0.322 e. The Labute approximate surface area is 153 Å². The molecule has 1 aromatic rings. The summed E-state index contributed by atoms with van der Waals surface area (Å²) in [6.07, 6.45) is 0.810. The Hall–Kier alpha value is -2.12. The highest BCUT2D eigenvalue weighted by atomic mass is 35.5. The number of hydrogen-bond acceptors (Lipinski definition) is 4. The van der Waals surface area contributed by atoms with Gasteiger partial charge in [-0.05, 0) is 37.0 Å². The summed E-state index contributed by atoms with van der Waals surface area (Å²) in [5.74, 6) is -0.182. The van der Waals surface area contributed by atoms with E-state index in [2.05, 4.69) is 29.8 Å². The lowest BCUT2D eigenvalue weighted by Gasteiger charge is -2.22. The maximum Gasteiger partial charge on any atom is 0.322 e. The molecule has 1 aliphatic rings. The van der Waals surface area contributed by atoms with Gasteiger partial charge in [0.25, 0.3) is 11.8 Å². The van der Waals surface area contributed by atoms with Crippen molar-refractivity contribution < 1.29 is 14.4 Å². The summed E-state index contributed by atoms with van der Waals surface area (Å²) >= 11 is 0. The third-order valence-corrected chi connectivity index (χ3v) is 4.14. The van der Waals surface area contributed by atoms with Crippen molar-refractivity contribution in [1.82, 2.24) is 16.0 Å². The Morgan fingerprint density at radius 2 is 1.84 bits per heavy atom. The Morgan fingerprint density at radius 3 is 2.28 bits per heavy atom. The van der Waals surface area contributed by atoms with Gasteiger partial charge in [0, 0.05) is 18.2 Å². The molecule has 1 fully saturated rings. The van der Waals surface area contributed by atoms with Gasteiger partial charge in [-0.2, -0.15) is 0 Å². The summed E-state index contributed by atoms with van der Waals surface area (Å²) in [6.45, 7) is 6.15. The summed E-state index contributed by atoms with van der Waals surface area (Å²) in [6, 6.07) is 6.01. The second kappa shape index (κ2) is 8.31. The normalized spacial score (nSPS) is 20.5. The van der Waals surface area contributed by atoms with Crippen LogP contribution in [0.4, 0.5) is 4.79 Å². The molecule has 138 valence electrons. The summed E-state index contributed by atoms with van der Waals surface area (Å²) in [5, 5.41) is 7.72. The zero-order chi connectivity index (χ0) is 17.9. The largest absolute Gasteiger partial charge is 0.348 e. The van der Waals surface area contributed by atoms with Crippen LogP contribution in [-0.2, 0) is 10.3 Å². The number of amides is 4. The lowest BCUT2D eigenvalue weighted by atomic mass is 9.91. The van der Waals surface area contributed by atoms with Crippen LogP contribution in [-0.4, -0.2) is 30.4 Å². The molecule has 5 N–H and O–H groups in total. The standard InChI is InChI=1S/C17H24N4O3.ClH/c1-10(2)8-13(9-18)19-14(22)11-4-6-12(7-5-11)17(3)15(23)20-16(24)21-17;/h4-7,10,13H,8-9,18H2,1-3H3,(H,19,22)(H2,20,21,23,24);1H. The second-order valence-electron chi connectivity index (χ2n) is 6.65. The van der Waals surface area contributed by atoms with Crippen LogP contribution in [0.15, 0.2) is 24.3 Å². The summed E-state index contributed by atoms with van der Waals surface area (Å²) in [7, 11) is 0. The van der Waals surface area contributed by atoms with Crippen molar-refractivity contribution in [3.8, 4) is 0 Å². The Bertz CT molecular complexity index is 648. The van der Waals surface area contributed by atoms with Crippen molar-refractivity contribution in [2.24, 2.45) is 11.7 Å². The fraction of sp³-hybridized carbons (Fsp3) is 0.471. The van der Waals surface area contributed by atoms with Gasteiger partial charge in [0.05, 0.1) is 0 Å². The first-order chi connectivity index (χ1) is 11.3. The van der Waals surface area contributed by atoms with Crippen LogP contribution in [0.25, 0.3) is 0 Å². The molecular weight excluding hydrogens is 344 g/mol. The van der Waals surface area contributed by atoms with Gasteiger partial charge >= 0.3 is 6.03 Å². The van der Waals surface area contributed by atoms with Gasteiger partial charge in [-0.25, -0.2) is 4.79 Å². The number of imide groups is 1. The van der Waals surface area contributed by atoms with Gasteiger partial charge in [0.15, 0.2) is 0 Å². The number of carbonyl (C=O) groups is 3. The van der Waals surface area contributed by atoms with Crippen LogP contribution in [0.5, 0.6) is 0 Å². The number of rotatable bonds is 6. The average molecular weight is 369 g/mol. The molecule has 1 saturated heterocycles. The minimum Gasteiger partial charge on any atom is -0.348 e. The van der Waals surface area contributed by atoms with E-state index in [1.54, 1.807) is 31.2 Å². The third kappa shape index (κ3) is 4.70. The zero-order valence-corrected chi connectivity index (χ0v) is 15.4. The number of nitrogens with one attached hydrogen (secondary N) is 3. The molecule has 2 atom stereocenters. The van der Waals surface area contributed by atoms with Crippen LogP contribution in [0, 0.1) is 5.92 Å². The van der Waals surface area contributed by atoms with E-state index in [0.717, 1.165) is 6.42 Å². The topological polar surface area (TPSA) is 113 Å². The molecular formula is C17H25ClN4O3. The number of carbonyl (C=O) groups excluding carboxylic acids is 3. The fourth-order valence-electron chi connectivity index (χ4n) is 2.75. The van der Waals surface area contributed by atoms with Gasteiger partial charge < -0.3 is 16.4 Å². The fourth-order valence-corrected chi connectivity index (χ4v) is 2.75. The van der Waals surface area contributed by atoms with Gasteiger partial charge in [0.2, 0.25) is 0 Å². The van der Waals surface area contributed by atoms with Crippen LogP contribution in [0.1, 0.15) is 43.1 Å². The highest BCUT2D eigenvalue weighted by Gasteiger charge is 2.43. The van der Waals surface area contributed by atoms with Crippen molar-refractivity contribution in [3.63, 3.8) is 0 Å². The molecule has 2 unspecified atom stereocenters. The van der Waals surface area contributed by atoms with Crippen LogP contribution >= 0.6 is 12.4 Å². The molecule has 0 saturated carbocycles. The SMILES string of the molecule is CC(C)CC(CN)NC(=O)c1ccc(C2(C)NC(=O)NC2=O)cc1.Cl. The molecule has 7 nitrogen and oxygen atoms in total. The number of nitrogens with two attached hydrogens (primary N) is 1. The van der Waals surface area contributed by atoms with Gasteiger partial charge in [-0.1, -0.05) is 26.0 Å². The zero-order valence-electron chi connectivity index (χ0n) is 14.6. The highest BCUT2D eigenvalue weighted by molar-refractivity contribution is 6.07.